The Morgan fingerprint density at radius 2 is 1.85 bits per heavy atom. The smallest absolute Gasteiger partial charge is 0.416 e. The van der Waals surface area contributed by atoms with Gasteiger partial charge in [-0.1, -0.05) is 0 Å². The Kier molecular flexibility index (Phi) is 6.18. The summed E-state index contributed by atoms with van der Waals surface area (Å²) in [6, 6.07) is 10.1. The second kappa shape index (κ2) is 9.08. The number of benzene rings is 2. The lowest BCUT2D eigenvalue weighted by atomic mass is 10.1. The van der Waals surface area contributed by atoms with E-state index in [9.17, 15) is 28.1 Å². The van der Waals surface area contributed by atoms with Crippen LogP contribution in [-0.2, 0) is 6.18 Å². The third-order valence-electron chi connectivity index (χ3n) is 5.52. The Morgan fingerprint density at radius 1 is 1.12 bits per heavy atom. The van der Waals surface area contributed by atoms with Gasteiger partial charge < -0.3 is 19.4 Å². The maximum Gasteiger partial charge on any atom is 0.416 e. The number of furan rings is 1. The molecular weight excluding hydrogens is 455 g/mol. The number of anilines is 2. The van der Waals surface area contributed by atoms with E-state index in [0.717, 1.165) is 25.0 Å². The number of alkyl halides is 3. The number of methoxy groups -OCH3 is 1. The average molecular weight is 475 g/mol. The number of halogens is 3. The fourth-order valence-electron chi connectivity index (χ4n) is 3.83. The van der Waals surface area contributed by atoms with Gasteiger partial charge in [-0.3, -0.25) is 14.9 Å². The Morgan fingerprint density at radius 3 is 2.50 bits per heavy atom. The summed E-state index contributed by atoms with van der Waals surface area (Å²) in [7, 11) is 1.37. The largest absolute Gasteiger partial charge is 0.497 e. The van der Waals surface area contributed by atoms with E-state index in [-0.39, 0.29) is 34.2 Å². The summed E-state index contributed by atoms with van der Waals surface area (Å²) in [4.78, 5) is 25.6. The minimum atomic E-state index is -4.58. The molecule has 8 nitrogen and oxygen atoms in total. The summed E-state index contributed by atoms with van der Waals surface area (Å²) in [5, 5.41) is 14.0. The number of hydrogen-bond donors (Lipinski definition) is 1. The van der Waals surface area contributed by atoms with Gasteiger partial charge in [0.25, 0.3) is 11.6 Å². The van der Waals surface area contributed by atoms with Crippen LogP contribution in [0, 0.1) is 10.1 Å². The van der Waals surface area contributed by atoms with E-state index in [0.29, 0.717) is 18.8 Å². The van der Waals surface area contributed by atoms with Crippen molar-refractivity contribution in [2.45, 2.75) is 19.0 Å². The third kappa shape index (κ3) is 4.68. The minimum Gasteiger partial charge on any atom is -0.497 e. The van der Waals surface area contributed by atoms with Gasteiger partial charge in [0.1, 0.15) is 11.5 Å². The number of nitro benzene ring substituents is 1. The zero-order chi connectivity index (χ0) is 24.5. The number of hydrogen-bond acceptors (Lipinski definition) is 6. The topological polar surface area (TPSA) is 97.8 Å². The lowest BCUT2D eigenvalue weighted by Gasteiger charge is -2.22. The quantitative estimate of drug-likeness (QED) is 0.361. The van der Waals surface area contributed by atoms with Crippen LogP contribution in [0.2, 0.25) is 0 Å². The van der Waals surface area contributed by atoms with Crippen LogP contribution < -0.4 is 15.0 Å². The molecule has 1 aliphatic rings. The van der Waals surface area contributed by atoms with E-state index in [1.54, 1.807) is 0 Å². The Bertz CT molecular complexity index is 1230. The van der Waals surface area contributed by atoms with Crippen molar-refractivity contribution in [1.29, 1.82) is 0 Å². The molecule has 1 fully saturated rings. The van der Waals surface area contributed by atoms with Gasteiger partial charge in [-0.2, -0.15) is 13.2 Å². The molecule has 1 N–H and O–H groups in total. The second-order valence-corrected chi connectivity index (χ2v) is 7.68. The molecule has 1 aliphatic heterocycles. The summed E-state index contributed by atoms with van der Waals surface area (Å²) >= 11 is 0. The minimum absolute atomic E-state index is 0.00935. The van der Waals surface area contributed by atoms with Crippen molar-refractivity contribution in [3.05, 3.63) is 70.0 Å². The highest BCUT2D eigenvalue weighted by Gasteiger charge is 2.32. The highest BCUT2D eigenvalue weighted by atomic mass is 19.4. The maximum atomic E-state index is 13.3. The monoisotopic (exact) mass is 475 g/mol. The molecule has 0 saturated carbocycles. The first-order chi connectivity index (χ1) is 16.2. The highest BCUT2D eigenvalue weighted by molar-refractivity contribution is 6.04. The van der Waals surface area contributed by atoms with Crippen LogP contribution in [0.3, 0.4) is 0 Å². The van der Waals surface area contributed by atoms with Gasteiger partial charge in [-0.15, -0.1) is 0 Å². The van der Waals surface area contributed by atoms with Crippen LogP contribution in [0.5, 0.6) is 5.75 Å². The fourth-order valence-corrected chi connectivity index (χ4v) is 3.83. The van der Waals surface area contributed by atoms with Crippen molar-refractivity contribution in [3.8, 4) is 17.1 Å². The molecule has 1 saturated heterocycles. The summed E-state index contributed by atoms with van der Waals surface area (Å²) in [6.45, 7) is 1.33. The van der Waals surface area contributed by atoms with Crippen LogP contribution >= 0.6 is 0 Å². The Labute approximate surface area is 192 Å². The number of nitrogens with zero attached hydrogens (tertiary/aromatic N) is 2. The molecule has 0 unspecified atom stereocenters. The average Bonchev–Trinajstić information content (AvgIpc) is 3.50. The molecule has 2 aromatic carbocycles. The SMILES string of the molecule is COc1ccc(-c2ccc(C(=O)Nc3cc(C(F)(F)F)ccc3N3CCCC3)o2)c([N+](=O)[O-])c1. The number of rotatable bonds is 6. The molecule has 0 bridgehead atoms. The molecule has 0 aliphatic carbocycles. The lowest BCUT2D eigenvalue weighted by molar-refractivity contribution is -0.384. The van der Waals surface area contributed by atoms with Crippen molar-refractivity contribution < 1.29 is 32.0 Å². The van der Waals surface area contributed by atoms with Gasteiger partial charge in [0.05, 0.1) is 40.6 Å². The number of ether oxygens (including phenoxy) is 1. The lowest BCUT2D eigenvalue weighted by Crippen LogP contribution is -2.21. The standard InChI is InChI=1S/C23H20F3N3O5/c1-33-15-5-6-16(19(13-15)29(31)32)20-8-9-21(34-20)22(30)27-17-12-14(23(24,25)26)4-7-18(17)28-10-2-3-11-28/h4-9,12-13H,2-3,10-11H2,1H3,(H,27,30). The van der Waals surface area contributed by atoms with E-state index in [1.165, 1.54) is 43.5 Å². The number of amides is 1. The summed E-state index contributed by atoms with van der Waals surface area (Å²) in [6.07, 6.45) is -2.78. The van der Waals surface area contributed by atoms with Gasteiger partial charge in [-0.05, 0) is 55.3 Å². The van der Waals surface area contributed by atoms with Crippen LogP contribution in [0.15, 0.2) is 52.9 Å². The van der Waals surface area contributed by atoms with Crippen LogP contribution in [0.1, 0.15) is 29.0 Å². The van der Waals surface area contributed by atoms with Gasteiger partial charge in [-0.25, -0.2) is 0 Å². The van der Waals surface area contributed by atoms with Crippen molar-refractivity contribution in [1.82, 2.24) is 0 Å². The highest BCUT2D eigenvalue weighted by Crippen LogP contribution is 2.38. The van der Waals surface area contributed by atoms with Crippen LogP contribution in [0.4, 0.5) is 30.2 Å². The normalized spacial score (nSPS) is 13.7. The fraction of sp³-hybridized carbons (Fsp3) is 0.261. The molecule has 1 amide bonds. The molecule has 4 rings (SSSR count). The van der Waals surface area contributed by atoms with Crippen LogP contribution in [0.25, 0.3) is 11.3 Å². The summed E-state index contributed by atoms with van der Waals surface area (Å²) < 4.78 is 50.4. The van der Waals surface area contributed by atoms with Gasteiger partial charge in [0.15, 0.2) is 5.76 Å². The Hall–Kier alpha value is -4.02. The first-order valence-corrected chi connectivity index (χ1v) is 10.4. The molecule has 0 spiro atoms. The van der Waals surface area contributed by atoms with E-state index in [1.807, 2.05) is 4.90 Å². The predicted molar refractivity (Wildman–Crippen MR) is 118 cm³/mol. The van der Waals surface area contributed by atoms with Crippen molar-refractivity contribution in [3.63, 3.8) is 0 Å². The molecule has 3 aromatic rings. The molecule has 11 heteroatoms. The predicted octanol–water partition coefficient (Wildman–Crippen LogP) is 5.73. The van der Waals surface area contributed by atoms with E-state index in [2.05, 4.69) is 5.32 Å². The van der Waals surface area contributed by atoms with Gasteiger partial charge in [0, 0.05) is 13.1 Å². The van der Waals surface area contributed by atoms with Gasteiger partial charge in [0.2, 0.25) is 0 Å². The molecule has 1 aromatic heterocycles. The van der Waals surface area contributed by atoms with E-state index < -0.39 is 22.6 Å². The maximum absolute atomic E-state index is 13.3. The first kappa shape index (κ1) is 23.1. The van der Waals surface area contributed by atoms with E-state index in [4.69, 9.17) is 9.15 Å². The summed E-state index contributed by atoms with van der Waals surface area (Å²) in [5.74, 6) is -0.644. The molecule has 2 heterocycles. The zero-order valence-corrected chi connectivity index (χ0v) is 18.0. The Balaban J connectivity index is 1.64. The number of carbonyl (C=O) groups is 1. The van der Waals surface area contributed by atoms with Gasteiger partial charge >= 0.3 is 6.18 Å². The van der Waals surface area contributed by atoms with Crippen molar-refractivity contribution >= 4 is 23.0 Å². The molecule has 34 heavy (non-hydrogen) atoms. The third-order valence-corrected chi connectivity index (χ3v) is 5.52. The number of carbonyl (C=O) groups excluding carboxylic acids is 1. The number of nitrogens with one attached hydrogen (secondary N) is 1. The molecular formula is C23H20F3N3O5. The van der Waals surface area contributed by atoms with Crippen molar-refractivity contribution in [2.75, 3.05) is 30.4 Å². The first-order valence-electron chi connectivity index (χ1n) is 10.4. The summed E-state index contributed by atoms with van der Waals surface area (Å²) in [5.41, 5.74) is -0.553. The zero-order valence-electron chi connectivity index (χ0n) is 18.0. The van der Waals surface area contributed by atoms with Crippen LogP contribution in [-0.4, -0.2) is 31.0 Å². The van der Waals surface area contributed by atoms with E-state index >= 15 is 0 Å². The molecule has 0 atom stereocenters. The van der Waals surface area contributed by atoms with Crippen molar-refractivity contribution in [2.24, 2.45) is 0 Å². The molecule has 178 valence electrons. The number of nitro groups is 1. The second-order valence-electron chi connectivity index (χ2n) is 7.68. The molecule has 0 radical (unpaired) electrons.